The fraction of sp³-hybridized carbons (Fsp3) is 0.562. The van der Waals surface area contributed by atoms with Gasteiger partial charge in [-0.1, -0.05) is 30.2 Å². The molecule has 0 unspecified atom stereocenters. The van der Waals surface area contributed by atoms with E-state index < -0.39 is 0 Å². The zero-order valence-electron chi connectivity index (χ0n) is 11.7. The van der Waals surface area contributed by atoms with Gasteiger partial charge in [-0.15, -0.1) is 0 Å². The van der Waals surface area contributed by atoms with Crippen molar-refractivity contribution in [1.29, 1.82) is 0 Å². The molecule has 0 radical (unpaired) electrons. The van der Waals surface area contributed by atoms with Gasteiger partial charge in [0, 0.05) is 11.5 Å². The number of likely N-dealkylation sites (N-methyl/N-ethyl adjacent to an activating group) is 1. The molecule has 20 heavy (non-hydrogen) atoms. The maximum atomic E-state index is 11.4. The van der Waals surface area contributed by atoms with E-state index in [0.29, 0.717) is 6.04 Å². The molecule has 2 heterocycles. The molecule has 0 amide bonds. The van der Waals surface area contributed by atoms with Gasteiger partial charge in [0.15, 0.2) is 0 Å². The third-order valence-corrected chi connectivity index (χ3v) is 6.14. The summed E-state index contributed by atoms with van der Waals surface area (Å²) in [6.07, 6.45) is 6.44. The van der Waals surface area contributed by atoms with Gasteiger partial charge in [-0.05, 0) is 50.6 Å². The first-order chi connectivity index (χ1) is 9.69. The fourth-order valence-electron chi connectivity index (χ4n) is 4.35. The summed E-state index contributed by atoms with van der Waals surface area (Å²) in [6, 6.07) is 7.08. The quantitative estimate of drug-likeness (QED) is 0.807. The van der Waals surface area contributed by atoms with E-state index in [9.17, 15) is 4.79 Å². The van der Waals surface area contributed by atoms with E-state index in [4.69, 9.17) is 4.42 Å². The Morgan fingerprint density at radius 1 is 1.35 bits per heavy atom. The average molecular weight is 289 g/mol. The lowest BCUT2D eigenvalue weighted by Crippen LogP contribution is -2.43. The first-order valence-corrected chi connectivity index (χ1v) is 8.25. The molecule has 1 aliphatic carbocycles. The van der Waals surface area contributed by atoms with Crippen LogP contribution in [0.3, 0.4) is 0 Å². The minimum absolute atomic E-state index is 0.196. The Morgan fingerprint density at radius 3 is 3.15 bits per heavy atom. The minimum atomic E-state index is -0.196. The van der Waals surface area contributed by atoms with Crippen molar-refractivity contribution >= 4 is 21.6 Å². The maximum absolute atomic E-state index is 11.4. The van der Waals surface area contributed by atoms with Gasteiger partial charge in [0.25, 0.3) is 0 Å². The molecule has 2 aromatic rings. The summed E-state index contributed by atoms with van der Waals surface area (Å²) in [7, 11) is 2.25. The van der Waals surface area contributed by atoms with Gasteiger partial charge in [0.2, 0.25) is 0 Å². The van der Waals surface area contributed by atoms with Crippen LogP contribution in [-0.2, 0) is 5.41 Å². The van der Waals surface area contributed by atoms with Gasteiger partial charge in [-0.25, -0.2) is 4.79 Å². The molecule has 106 valence electrons. The van der Waals surface area contributed by atoms with Crippen LogP contribution in [0, 0.1) is 0 Å². The molecule has 1 saturated carbocycles. The second-order valence-corrected chi connectivity index (χ2v) is 7.24. The molecule has 2 atom stereocenters. The van der Waals surface area contributed by atoms with E-state index in [1.54, 1.807) is 0 Å². The molecule has 4 rings (SSSR count). The third-order valence-electron chi connectivity index (χ3n) is 5.34. The number of nitrogens with zero attached hydrogens (tertiary/aromatic N) is 1. The molecule has 1 aliphatic heterocycles. The van der Waals surface area contributed by atoms with Crippen molar-refractivity contribution in [3.63, 3.8) is 0 Å². The van der Waals surface area contributed by atoms with E-state index in [1.807, 2.05) is 0 Å². The van der Waals surface area contributed by atoms with Crippen molar-refractivity contribution in [3.8, 4) is 0 Å². The predicted octanol–water partition coefficient (Wildman–Crippen LogP) is 3.37. The molecule has 2 fully saturated rings. The lowest BCUT2D eigenvalue weighted by Gasteiger charge is -2.41. The van der Waals surface area contributed by atoms with Gasteiger partial charge in [0.1, 0.15) is 5.58 Å². The molecule has 4 heteroatoms. The lowest BCUT2D eigenvalue weighted by molar-refractivity contribution is 0.182. The maximum Gasteiger partial charge on any atom is 0.396 e. The highest BCUT2D eigenvalue weighted by molar-refractivity contribution is 7.16. The summed E-state index contributed by atoms with van der Waals surface area (Å²) in [5.41, 5.74) is 2.42. The van der Waals surface area contributed by atoms with Gasteiger partial charge in [-0.3, -0.25) is 0 Å². The highest BCUT2D eigenvalue weighted by Crippen LogP contribution is 2.48. The Kier molecular flexibility index (Phi) is 2.79. The lowest BCUT2D eigenvalue weighted by atomic mass is 9.66. The summed E-state index contributed by atoms with van der Waals surface area (Å²) in [5.74, 6) is 0. The molecule has 3 nitrogen and oxygen atoms in total. The summed E-state index contributed by atoms with van der Waals surface area (Å²) in [6.45, 7) is 1.18. The van der Waals surface area contributed by atoms with E-state index in [-0.39, 0.29) is 10.4 Å². The van der Waals surface area contributed by atoms with Crippen LogP contribution in [0.5, 0.6) is 0 Å². The number of hydrogen-bond acceptors (Lipinski definition) is 4. The monoisotopic (exact) mass is 289 g/mol. The smallest absolute Gasteiger partial charge is 0.396 e. The van der Waals surface area contributed by atoms with Gasteiger partial charge in [0.05, 0.1) is 4.70 Å². The van der Waals surface area contributed by atoms with E-state index in [1.165, 1.54) is 55.5 Å². The van der Waals surface area contributed by atoms with Crippen molar-refractivity contribution < 1.29 is 4.42 Å². The summed E-state index contributed by atoms with van der Waals surface area (Å²) >= 11 is 1.20. The van der Waals surface area contributed by atoms with Crippen molar-refractivity contribution in [2.45, 2.75) is 43.6 Å². The number of hydrogen-bond donors (Lipinski definition) is 0. The minimum Gasteiger partial charge on any atom is -0.414 e. The molecule has 2 aliphatic rings. The first-order valence-electron chi connectivity index (χ1n) is 7.43. The second kappa shape index (κ2) is 4.43. The van der Waals surface area contributed by atoms with Crippen LogP contribution < -0.4 is 4.94 Å². The van der Waals surface area contributed by atoms with Crippen LogP contribution in [0.15, 0.2) is 27.4 Å². The number of rotatable bonds is 1. The highest BCUT2D eigenvalue weighted by Gasteiger charge is 2.48. The Hall–Kier alpha value is -1.13. The highest BCUT2D eigenvalue weighted by atomic mass is 32.1. The van der Waals surface area contributed by atoms with Crippen LogP contribution in [0.25, 0.3) is 10.3 Å². The molecule has 1 saturated heterocycles. The number of benzene rings is 1. The van der Waals surface area contributed by atoms with Crippen molar-refractivity contribution in [2.75, 3.05) is 13.6 Å². The fourth-order valence-corrected chi connectivity index (χ4v) is 5.00. The molecule has 0 spiro atoms. The average Bonchev–Trinajstić information content (AvgIpc) is 2.99. The Bertz CT molecular complexity index is 700. The molecule has 1 aromatic heterocycles. The number of fused-ring (bicyclic) bond motifs is 2. The van der Waals surface area contributed by atoms with E-state index in [0.717, 1.165) is 10.3 Å². The Balaban J connectivity index is 1.85. The molecule has 0 N–H and O–H groups in total. The van der Waals surface area contributed by atoms with Crippen LogP contribution in [0.2, 0.25) is 0 Å². The van der Waals surface area contributed by atoms with Gasteiger partial charge in [-0.2, -0.15) is 0 Å². The van der Waals surface area contributed by atoms with Crippen LogP contribution in [-0.4, -0.2) is 24.5 Å². The normalized spacial score (nSPS) is 30.8. The third kappa shape index (κ3) is 1.71. The van der Waals surface area contributed by atoms with Crippen LogP contribution in [0.1, 0.15) is 37.7 Å². The molecule has 1 aromatic carbocycles. The van der Waals surface area contributed by atoms with Crippen LogP contribution >= 0.6 is 11.3 Å². The molecular formula is C16H19NO2S. The predicted molar refractivity (Wildman–Crippen MR) is 81.5 cm³/mol. The van der Waals surface area contributed by atoms with Gasteiger partial charge >= 0.3 is 4.94 Å². The van der Waals surface area contributed by atoms with Crippen molar-refractivity contribution in [1.82, 2.24) is 4.90 Å². The zero-order chi connectivity index (χ0) is 13.7. The topological polar surface area (TPSA) is 33.5 Å². The summed E-state index contributed by atoms with van der Waals surface area (Å²) in [5, 5.41) is 0. The van der Waals surface area contributed by atoms with E-state index >= 15 is 0 Å². The molecular weight excluding hydrogens is 270 g/mol. The largest absolute Gasteiger partial charge is 0.414 e. The summed E-state index contributed by atoms with van der Waals surface area (Å²) < 4.78 is 6.29. The molecule has 0 bridgehead atoms. The zero-order valence-corrected chi connectivity index (χ0v) is 12.5. The summed E-state index contributed by atoms with van der Waals surface area (Å²) in [4.78, 5) is 13.7. The van der Waals surface area contributed by atoms with Crippen LogP contribution in [0.4, 0.5) is 0 Å². The second-order valence-electron chi connectivity index (χ2n) is 6.26. The standard InChI is InChI=1S/C16H19NO2S/c1-17-9-8-16(7-3-2-4-14(16)17)11-5-6-13-12(10-11)19-15(18)20-13/h5-6,10,14H,2-4,7-9H2,1H3/t14-,16-/m0/s1. The Morgan fingerprint density at radius 2 is 2.25 bits per heavy atom. The first kappa shape index (κ1) is 12.6. The number of likely N-dealkylation sites (tertiary alicyclic amines) is 1. The van der Waals surface area contributed by atoms with Crippen molar-refractivity contribution in [3.05, 3.63) is 33.5 Å². The van der Waals surface area contributed by atoms with E-state index in [2.05, 4.69) is 30.1 Å². The van der Waals surface area contributed by atoms with Gasteiger partial charge < -0.3 is 9.32 Å². The Labute approximate surface area is 122 Å². The van der Waals surface area contributed by atoms with Crippen molar-refractivity contribution in [2.24, 2.45) is 0 Å². The SMILES string of the molecule is CN1CC[C@]2(c3ccc4sc(=O)oc4c3)CCCC[C@H]12.